The van der Waals surface area contributed by atoms with Crippen molar-refractivity contribution in [3.63, 3.8) is 0 Å². The number of rotatable bonds is 5. The Morgan fingerprint density at radius 1 is 1.00 bits per heavy atom. The van der Waals surface area contributed by atoms with E-state index >= 15 is 0 Å². The van der Waals surface area contributed by atoms with Crippen LogP contribution in [-0.4, -0.2) is 10.2 Å². The molecule has 0 aliphatic rings. The van der Waals surface area contributed by atoms with Gasteiger partial charge in [0.2, 0.25) is 11.8 Å². The molecule has 3 aromatic rings. The Morgan fingerprint density at radius 2 is 1.76 bits per heavy atom. The zero-order chi connectivity index (χ0) is 17.8. The van der Waals surface area contributed by atoms with Crippen molar-refractivity contribution in [1.82, 2.24) is 15.5 Å². The molecule has 0 unspecified atom stereocenters. The number of aromatic nitrogens is 2. The van der Waals surface area contributed by atoms with Gasteiger partial charge in [-0.25, -0.2) is 0 Å². The maximum absolute atomic E-state index is 9.03. The molecule has 0 bridgehead atoms. The van der Waals surface area contributed by atoms with Gasteiger partial charge in [-0.1, -0.05) is 36.4 Å². The Bertz CT molecular complexity index is 893. The highest BCUT2D eigenvalue weighted by Gasteiger charge is 2.16. The molecule has 0 radical (unpaired) electrons. The van der Waals surface area contributed by atoms with Gasteiger partial charge >= 0.3 is 0 Å². The second kappa shape index (κ2) is 7.29. The molecule has 0 fully saturated rings. The summed E-state index contributed by atoms with van der Waals surface area (Å²) in [4.78, 5) is 0. The van der Waals surface area contributed by atoms with Crippen molar-refractivity contribution in [3.05, 3.63) is 71.4 Å². The van der Waals surface area contributed by atoms with Gasteiger partial charge in [-0.05, 0) is 42.7 Å². The van der Waals surface area contributed by atoms with Crippen LogP contribution in [0.4, 0.5) is 0 Å². The Morgan fingerprint density at radius 3 is 2.40 bits per heavy atom. The molecular weight excluding hydrogens is 312 g/mol. The number of benzene rings is 2. The molecule has 1 aromatic heterocycles. The van der Waals surface area contributed by atoms with Crippen molar-refractivity contribution < 1.29 is 4.42 Å². The second-order valence-electron chi connectivity index (χ2n) is 6.08. The lowest BCUT2D eigenvalue weighted by atomic mass is 10.00. The van der Waals surface area contributed by atoms with Crippen molar-refractivity contribution in [2.24, 2.45) is 0 Å². The highest BCUT2D eigenvalue weighted by atomic mass is 16.4. The fourth-order valence-corrected chi connectivity index (χ4v) is 2.76. The van der Waals surface area contributed by atoms with Crippen LogP contribution in [0.1, 0.15) is 48.8 Å². The largest absolute Gasteiger partial charge is 0.424 e. The summed E-state index contributed by atoms with van der Waals surface area (Å²) in [7, 11) is 0. The van der Waals surface area contributed by atoms with Crippen molar-refractivity contribution >= 4 is 0 Å². The topological polar surface area (TPSA) is 74.7 Å². The molecule has 2 atom stereocenters. The van der Waals surface area contributed by atoms with E-state index in [0.29, 0.717) is 17.3 Å². The molecule has 3 rings (SSSR count). The van der Waals surface area contributed by atoms with Crippen LogP contribution in [0, 0.1) is 18.3 Å². The van der Waals surface area contributed by atoms with Gasteiger partial charge in [0.25, 0.3) is 0 Å². The first-order valence-electron chi connectivity index (χ1n) is 8.23. The van der Waals surface area contributed by atoms with E-state index in [1.165, 1.54) is 5.56 Å². The molecule has 0 saturated heterocycles. The quantitative estimate of drug-likeness (QED) is 0.752. The Kier molecular flexibility index (Phi) is 4.92. The summed E-state index contributed by atoms with van der Waals surface area (Å²) in [5, 5.41) is 20.4. The average molecular weight is 332 g/mol. The van der Waals surface area contributed by atoms with E-state index in [0.717, 1.165) is 11.1 Å². The van der Waals surface area contributed by atoms with Gasteiger partial charge < -0.3 is 4.42 Å². The second-order valence-corrected chi connectivity index (χ2v) is 6.08. The minimum Gasteiger partial charge on any atom is -0.424 e. The van der Waals surface area contributed by atoms with Crippen LogP contribution in [0.2, 0.25) is 0 Å². The van der Waals surface area contributed by atoms with E-state index < -0.39 is 0 Å². The molecular formula is C20H20N4O. The molecule has 1 N–H and O–H groups in total. The highest BCUT2D eigenvalue weighted by Crippen LogP contribution is 2.24. The maximum atomic E-state index is 9.03. The fourth-order valence-electron chi connectivity index (χ4n) is 2.76. The average Bonchev–Trinajstić information content (AvgIpc) is 3.08. The molecule has 1 heterocycles. The monoisotopic (exact) mass is 332 g/mol. The van der Waals surface area contributed by atoms with E-state index in [4.69, 9.17) is 9.68 Å². The van der Waals surface area contributed by atoms with E-state index in [-0.39, 0.29) is 12.1 Å². The number of nitrogens with one attached hydrogen (secondary N) is 1. The molecule has 5 heteroatoms. The van der Waals surface area contributed by atoms with E-state index in [1.807, 2.05) is 31.2 Å². The lowest BCUT2D eigenvalue weighted by Crippen LogP contribution is -2.22. The highest BCUT2D eigenvalue weighted by molar-refractivity contribution is 5.65. The molecule has 2 aromatic carbocycles. The van der Waals surface area contributed by atoms with Gasteiger partial charge in [0.1, 0.15) is 0 Å². The molecule has 126 valence electrons. The summed E-state index contributed by atoms with van der Waals surface area (Å²) in [6, 6.07) is 18.3. The van der Waals surface area contributed by atoms with E-state index in [2.05, 4.69) is 52.8 Å². The number of aryl methyl sites for hydroxylation is 1. The SMILES string of the molecule is Cc1nnc([C@@H](C)N[C@@H](C)c2ccc(-c3cccc(C#N)c3)cc2)o1. The lowest BCUT2D eigenvalue weighted by Gasteiger charge is -2.18. The van der Waals surface area contributed by atoms with Gasteiger partial charge in [0, 0.05) is 13.0 Å². The van der Waals surface area contributed by atoms with Gasteiger partial charge in [0.05, 0.1) is 17.7 Å². The van der Waals surface area contributed by atoms with Crippen LogP contribution >= 0.6 is 0 Å². The number of nitrogens with zero attached hydrogens (tertiary/aromatic N) is 3. The fraction of sp³-hybridized carbons (Fsp3) is 0.250. The van der Waals surface area contributed by atoms with Crippen LogP contribution in [0.25, 0.3) is 11.1 Å². The third-order valence-corrected chi connectivity index (χ3v) is 4.15. The van der Waals surface area contributed by atoms with Crippen molar-refractivity contribution in [2.75, 3.05) is 0 Å². The first-order valence-corrected chi connectivity index (χ1v) is 8.23. The van der Waals surface area contributed by atoms with Gasteiger partial charge in [0.15, 0.2) is 0 Å². The molecule has 25 heavy (non-hydrogen) atoms. The summed E-state index contributed by atoms with van der Waals surface area (Å²) < 4.78 is 5.47. The third kappa shape index (κ3) is 3.93. The number of hydrogen-bond acceptors (Lipinski definition) is 5. The molecule has 0 aliphatic carbocycles. The van der Waals surface area contributed by atoms with Crippen LogP contribution in [0.15, 0.2) is 52.9 Å². The number of hydrogen-bond donors (Lipinski definition) is 1. The van der Waals surface area contributed by atoms with Crippen molar-refractivity contribution in [1.29, 1.82) is 5.26 Å². The summed E-state index contributed by atoms with van der Waals surface area (Å²) in [5.74, 6) is 1.16. The summed E-state index contributed by atoms with van der Waals surface area (Å²) in [6.45, 7) is 5.89. The Labute approximate surface area is 147 Å². The van der Waals surface area contributed by atoms with Gasteiger partial charge in [-0.2, -0.15) is 5.26 Å². The number of nitriles is 1. The van der Waals surface area contributed by atoms with Crippen LogP contribution in [-0.2, 0) is 0 Å². The molecule has 0 aliphatic heterocycles. The first-order chi connectivity index (χ1) is 12.1. The van der Waals surface area contributed by atoms with E-state index in [9.17, 15) is 0 Å². The third-order valence-electron chi connectivity index (χ3n) is 4.15. The Balaban J connectivity index is 1.72. The first kappa shape index (κ1) is 16.9. The predicted octanol–water partition coefficient (Wildman–Crippen LogP) is 4.33. The summed E-state index contributed by atoms with van der Waals surface area (Å²) in [5.41, 5.74) is 3.97. The molecule has 0 saturated carbocycles. The molecule has 0 amide bonds. The zero-order valence-electron chi connectivity index (χ0n) is 14.5. The van der Waals surface area contributed by atoms with Gasteiger partial charge in [-0.3, -0.25) is 5.32 Å². The summed E-state index contributed by atoms with van der Waals surface area (Å²) in [6.07, 6.45) is 0. The van der Waals surface area contributed by atoms with Crippen LogP contribution in [0.3, 0.4) is 0 Å². The Hall–Kier alpha value is -2.97. The maximum Gasteiger partial charge on any atom is 0.233 e. The zero-order valence-corrected chi connectivity index (χ0v) is 14.5. The summed E-state index contributed by atoms with van der Waals surface area (Å²) >= 11 is 0. The minimum atomic E-state index is -0.0248. The van der Waals surface area contributed by atoms with Crippen LogP contribution < -0.4 is 5.32 Å². The van der Waals surface area contributed by atoms with E-state index in [1.54, 1.807) is 6.92 Å². The molecule has 0 spiro atoms. The predicted molar refractivity (Wildman–Crippen MR) is 95.6 cm³/mol. The molecule has 5 nitrogen and oxygen atoms in total. The van der Waals surface area contributed by atoms with Crippen molar-refractivity contribution in [2.45, 2.75) is 32.9 Å². The van der Waals surface area contributed by atoms with Crippen molar-refractivity contribution in [3.8, 4) is 17.2 Å². The standard InChI is InChI=1S/C20H20N4O/c1-13(22-14(2)20-24-23-15(3)25-20)17-7-9-18(10-8-17)19-6-4-5-16(11-19)12-21/h4-11,13-14,22H,1-3H3/t13-,14+/m0/s1. The smallest absolute Gasteiger partial charge is 0.233 e. The van der Waals surface area contributed by atoms with Gasteiger partial charge in [-0.15, -0.1) is 10.2 Å². The lowest BCUT2D eigenvalue weighted by molar-refractivity contribution is 0.380. The van der Waals surface area contributed by atoms with Crippen LogP contribution in [0.5, 0.6) is 0 Å². The normalized spacial score (nSPS) is 13.2. The minimum absolute atomic E-state index is 0.0248.